The summed E-state index contributed by atoms with van der Waals surface area (Å²) in [6, 6.07) is 11.5. The number of amides is 2. The summed E-state index contributed by atoms with van der Waals surface area (Å²) in [6.45, 7) is 1.40. The van der Waals surface area contributed by atoms with Crippen LogP contribution < -0.4 is 19.5 Å². The molecule has 8 nitrogen and oxygen atoms in total. The molecule has 8 heteroatoms. The third kappa shape index (κ3) is 3.97. The van der Waals surface area contributed by atoms with Crippen molar-refractivity contribution in [3.8, 4) is 17.2 Å². The number of rotatable bonds is 5. The number of benzene rings is 2. The molecule has 0 saturated carbocycles. The summed E-state index contributed by atoms with van der Waals surface area (Å²) in [5.74, 6) is 1.11. The fourth-order valence-electron chi connectivity index (χ4n) is 3.43. The summed E-state index contributed by atoms with van der Waals surface area (Å²) in [4.78, 5) is 27.5. The predicted octanol–water partition coefficient (Wildman–Crippen LogP) is 2.00. The highest BCUT2D eigenvalue weighted by molar-refractivity contribution is 5.99. The van der Waals surface area contributed by atoms with Crippen LogP contribution in [0.25, 0.3) is 0 Å². The molecule has 2 amide bonds. The van der Waals surface area contributed by atoms with Crippen LogP contribution in [-0.2, 0) is 14.3 Å². The van der Waals surface area contributed by atoms with E-state index in [9.17, 15) is 9.59 Å². The third-order valence-corrected chi connectivity index (χ3v) is 4.79. The molecule has 1 N–H and O–H groups in total. The van der Waals surface area contributed by atoms with E-state index in [2.05, 4.69) is 5.32 Å². The smallest absolute Gasteiger partial charge is 0.261 e. The highest BCUT2D eigenvalue weighted by Crippen LogP contribution is 2.35. The zero-order valence-corrected chi connectivity index (χ0v) is 16.1. The average molecular weight is 398 g/mol. The van der Waals surface area contributed by atoms with E-state index in [1.54, 1.807) is 37.4 Å². The maximum Gasteiger partial charge on any atom is 0.261 e. The number of anilines is 1. The van der Waals surface area contributed by atoms with Gasteiger partial charge >= 0.3 is 0 Å². The van der Waals surface area contributed by atoms with E-state index in [0.29, 0.717) is 48.3 Å². The first-order valence-corrected chi connectivity index (χ1v) is 9.38. The Balaban J connectivity index is 1.64. The Hall–Kier alpha value is -3.26. The summed E-state index contributed by atoms with van der Waals surface area (Å²) >= 11 is 0. The van der Waals surface area contributed by atoms with Gasteiger partial charge in [0.1, 0.15) is 25.0 Å². The van der Waals surface area contributed by atoms with Crippen LogP contribution in [0.4, 0.5) is 5.69 Å². The second kappa shape index (κ2) is 8.40. The minimum absolute atomic E-state index is 0.130. The third-order valence-electron chi connectivity index (χ3n) is 4.79. The molecule has 0 aliphatic carbocycles. The molecule has 2 heterocycles. The Kier molecular flexibility index (Phi) is 5.53. The zero-order valence-electron chi connectivity index (χ0n) is 16.1. The summed E-state index contributed by atoms with van der Waals surface area (Å²) in [5, 5.41) is 2.89. The second-order valence-electron chi connectivity index (χ2n) is 6.66. The summed E-state index contributed by atoms with van der Waals surface area (Å²) < 4.78 is 21.9. The van der Waals surface area contributed by atoms with Crippen LogP contribution in [0.2, 0.25) is 0 Å². The minimum Gasteiger partial charge on any atom is -0.486 e. The molecule has 1 atom stereocenters. The number of para-hydroxylation sites is 1. The van der Waals surface area contributed by atoms with Gasteiger partial charge in [0.25, 0.3) is 11.8 Å². The first-order valence-electron chi connectivity index (χ1n) is 9.38. The van der Waals surface area contributed by atoms with Crippen LogP contribution >= 0.6 is 0 Å². The van der Waals surface area contributed by atoms with Crippen molar-refractivity contribution >= 4 is 17.5 Å². The van der Waals surface area contributed by atoms with E-state index in [4.69, 9.17) is 18.9 Å². The molecule has 2 aromatic rings. The highest BCUT2D eigenvalue weighted by atomic mass is 16.6. The molecule has 0 aromatic heterocycles. The maximum absolute atomic E-state index is 13.3. The van der Waals surface area contributed by atoms with Crippen LogP contribution in [-0.4, -0.2) is 56.8 Å². The Labute approximate surface area is 168 Å². The molecular formula is C21H22N2O6. The number of carbonyl (C=O) groups excluding carboxylic acids is 2. The number of hydrogen-bond acceptors (Lipinski definition) is 6. The first-order chi connectivity index (χ1) is 14.2. The van der Waals surface area contributed by atoms with Gasteiger partial charge in [0.15, 0.2) is 18.1 Å². The molecule has 4 rings (SSSR count). The van der Waals surface area contributed by atoms with Gasteiger partial charge in [0.2, 0.25) is 0 Å². The van der Waals surface area contributed by atoms with Crippen molar-refractivity contribution in [1.82, 2.24) is 4.90 Å². The molecule has 29 heavy (non-hydrogen) atoms. The zero-order chi connectivity index (χ0) is 20.2. The molecule has 0 saturated heterocycles. The van der Waals surface area contributed by atoms with E-state index < -0.39 is 6.04 Å². The van der Waals surface area contributed by atoms with E-state index in [-0.39, 0.29) is 25.0 Å². The number of fused-ring (bicyclic) bond motifs is 2. The van der Waals surface area contributed by atoms with Crippen LogP contribution in [0.1, 0.15) is 11.6 Å². The fraction of sp³-hybridized carbons (Fsp3) is 0.333. The van der Waals surface area contributed by atoms with Gasteiger partial charge in [-0.1, -0.05) is 18.2 Å². The Morgan fingerprint density at radius 1 is 1.10 bits per heavy atom. The monoisotopic (exact) mass is 398 g/mol. The lowest BCUT2D eigenvalue weighted by Gasteiger charge is -2.29. The molecule has 2 aliphatic heterocycles. The van der Waals surface area contributed by atoms with Crippen molar-refractivity contribution in [1.29, 1.82) is 0 Å². The number of methoxy groups -OCH3 is 1. The van der Waals surface area contributed by atoms with Crippen molar-refractivity contribution in [2.75, 3.05) is 45.4 Å². The van der Waals surface area contributed by atoms with E-state index >= 15 is 0 Å². The average Bonchev–Trinajstić information content (AvgIpc) is 2.88. The lowest BCUT2D eigenvalue weighted by molar-refractivity contribution is -0.140. The Morgan fingerprint density at radius 3 is 2.72 bits per heavy atom. The number of hydrogen-bond donors (Lipinski definition) is 1. The van der Waals surface area contributed by atoms with Crippen molar-refractivity contribution in [3.05, 3.63) is 48.0 Å². The molecular weight excluding hydrogens is 376 g/mol. The van der Waals surface area contributed by atoms with E-state index in [1.165, 1.54) is 4.90 Å². The Morgan fingerprint density at radius 2 is 1.90 bits per heavy atom. The van der Waals surface area contributed by atoms with Gasteiger partial charge in [0, 0.05) is 31.0 Å². The van der Waals surface area contributed by atoms with Gasteiger partial charge in [-0.05, 0) is 18.2 Å². The molecule has 152 valence electrons. The number of nitrogens with zero attached hydrogens (tertiary/aromatic N) is 1. The quantitative estimate of drug-likeness (QED) is 0.829. The van der Waals surface area contributed by atoms with E-state index in [0.717, 1.165) is 0 Å². The van der Waals surface area contributed by atoms with Gasteiger partial charge in [-0.2, -0.15) is 0 Å². The minimum atomic E-state index is -0.843. The molecule has 0 bridgehead atoms. The van der Waals surface area contributed by atoms with Crippen LogP contribution in [0.3, 0.4) is 0 Å². The van der Waals surface area contributed by atoms with Crippen molar-refractivity contribution in [3.63, 3.8) is 0 Å². The van der Waals surface area contributed by atoms with Gasteiger partial charge in [0.05, 0.1) is 6.61 Å². The van der Waals surface area contributed by atoms with Crippen LogP contribution in [0.15, 0.2) is 42.5 Å². The lowest BCUT2D eigenvalue weighted by atomic mass is 10.0. The van der Waals surface area contributed by atoms with Gasteiger partial charge in [-0.25, -0.2) is 0 Å². The van der Waals surface area contributed by atoms with Crippen molar-refractivity contribution in [2.45, 2.75) is 6.04 Å². The van der Waals surface area contributed by atoms with Crippen molar-refractivity contribution in [2.24, 2.45) is 0 Å². The predicted molar refractivity (Wildman–Crippen MR) is 104 cm³/mol. The molecule has 2 aromatic carbocycles. The molecule has 0 spiro atoms. The maximum atomic E-state index is 13.3. The summed E-state index contributed by atoms with van der Waals surface area (Å²) in [5.41, 5.74) is 1.19. The summed E-state index contributed by atoms with van der Waals surface area (Å²) in [7, 11) is 1.55. The number of nitrogens with one attached hydrogen (secondary N) is 1. The SMILES string of the molecule is COCCN1C(=O)COc2ccccc2C1C(=O)Nc1ccc2c(c1)OCCO2. The first kappa shape index (κ1) is 19.1. The lowest BCUT2D eigenvalue weighted by Crippen LogP contribution is -2.43. The summed E-state index contributed by atoms with van der Waals surface area (Å²) in [6.07, 6.45) is 0. The number of carbonyl (C=O) groups is 2. The van der Waals surface area contributed by atoms with Crippen molar-refractivity contribution < 1.29 is 28.5 Å². The molecule has 0 fully saturated rings. The Bertz CT molecular complexity index is 916. The highest BCUT2D eigenvalue weighted by Gasteiger charge is 2.36. The number of ether oxygens (including phenoxy) is 4. The van der Waals surface area contributed by atoms with Crippen LogP contribution in [0.5, 0.6) is 17.2 Å². The van der Waals surface area contributed by atoms with Crippen LogP contribution in [0, 0.1) is 0 Å². The molecule has 1 unspecified atom stereocenters. The standard InChI is InChI=1S/C21H22N2O6/c1-26-9-8-23-19(24)13-29-16-5-3-2-4-15(16)20(23)21(25)22-14-6-7-17-18(12-14)28-11-10-27-17/h2-7,12,20H,8-11,13H2,1H3,(H,22,25). The topological polar surface area (TPSA) is 86.3 Å². The molecule has 0 radical (unpaired) electrons. The fourth-order valence-corrected chi connectivity index (χ4v) is 3.43. The van der Waals surface area contributed by atoms with E-state index in [1.807, 2.05) is 12.1 Å². The largest absolute Gasteiger partial charge is 0.486 e. The molecule has 2 aliphatic rings. The normalized spacial score (nSPS) is 17.8. The van der Waals surface area contributed by atoms with Gasteiger partial charge < -0.3 is 29.2 Å². The second-order valence-corrected chi connectivity index (χ2v) is 6.66. The van der Waals surface area contributed by atoms with Gasteiger partial charge in [-0.15, -0.1) is 0 Å². The van der Waals surface area contributed by atoms with Gasteiger partial charge in [-0.3, -0.25) is 9.59 Å².